The lowest BCUT2D eigenvalue weighted by Crippen LogP contribution is -2.62. The van der Waals surface area contributed by atoms with Gasteiger partial charge in [-0.25, -0.2) is 5.43 Å². The van der Waals surface area contributed by atoms with Crippen LogP contribution in [-0.2, 0) is 16.0 Å². The molecule has 2 aromatic rings. The van der Waals surface area contributed by atoms with Gasteiger partial charge < -0.3 is 15.0 Å². The number of aromatic amines is 1. The maximum absolute atomic E-state index is 12.9. The zero-order chi connectivity index (χ0) is 21.7. The summed E-state index contributed by atoms with van der Waals surface area (Å²) in [4.78, 5) is 27.0. The number of likely N-dealkylation sites (N-methyl/N-ethyl adjacent to an activating group) is 1. The third kappa shape index (κ3) is 4.27. The Morgan fingerprint density at radius 1 is 1.47 bits per heavy atom. The van der Waals surface area contributed by atoms with Gasteiger partial charge in [0.1, 0.15) is 24.1 Å². The maximum Gasteiger partial charge on any atom is 0.272 e. The first-order valence-electron chi connectivity index (χ1n) is 9.49. The SMILES string of the molecule is C=C/C=C1/OC[C@H](NC(=O)c2cc(Cc3ccccc3)[nH]n2)C(=O)N(C)C1(C)NN. The van der Waals surface area contributed by atoms with E-state index < -0.39 is 17.6 Å². The zero-order valence-electron chi connectivity index (χ0n) is 17.0. The number of aromatic nitrogens is 2. The lowest BCUT2D eigenvalue weighted by atomic mass is 10.1. The van der Waals surface area contributed by atoms with Gasteiger partial charge in [0.15, 0.2) is 5.66 Å². The Morgan fingerprint density at radius 2 is 2.20 bits per heavy atom. The molecule has 9 nitrogen and oxygen atoms in total. The van der Waals surface area contributed by atoms with Gasteiger partial charge >= 0.3 is 0 Å². The van der Waals surface area contributed by atoms with E-state index in [0.717, 1.165) is 11.3 Å². The average molecular weight is 410 g/mol. The quantitative estimate of drug-likeness (QED) is 0.413. The summed E-state index contributed by atoms with van der Waals surface area (Å²) in [6.45, 7) is 5.31. The minimum Gasteiger partial charge on any atom is -0.491 e. The van der Waals surface area contributed by atoms with Gasteiger partial charge in [0.05, 0.1) is 0 Å². The van der Waals surface area contributed by atoms with Gasteiger partial charge in [-0.3, -0.25) is 20.5 Å². The number of hydrazine groups is 1. The molecule has 0 spiro atoms. The zero-order valence-corrected chi connectivity index (χ0v) is 17.0. The summed E-state index contributed by atoms with van der Waals surface area (Å²) in [6.07, 6.45) is 3.78. The number of hydrogen-bond acceptors (Lipinski definition) is 6. The van der Waals surface area contributed by atoms with Crippen molar-refractivity contribution in [2.75, 3.05) is 13.7 Å². The number of H-pyrrole nitrogens is 1. The number of hydrogen-bond donors (Lipinski definition) is 4. The molecule has 30 heavy (non-hydrogen) atoms. The van der Waals surface area contributed by atoms with Gasteiger partial charge in [0.2, 0.25) is 5.91 Å². The Kier molecular flexibility index (Phi) is 6.34. The molecule has 2 heterocycles. The second kappa shape index (κ2) is 8.93. The van der Waals surface area contributed by atoms with Crippen LogP contribution in [0.3, 0.4) is 0 Å². The van der Waals surface area contributed by atoms with E-state index in [1.807, 2.05) is 30.3 Å². The second-order valence-corrected chi connectivity index (χ2v) is 7.16. The van der Waals surface area contributed by atoms with E-state index in [2.05, 4.69) is 27.5 Å². The summed E-state index contributed by atoms with van der Waals surface area (Å²) in [5.74, 6) is 5.27. The monoisotopic (exact) mass is 410 g/mol. The van der Waals surface area contributed by atoms with Gasteiger partial charge in [-0.1, -0.05) is 43.0 Å². The van der Waals surface area contributed by atoms with Crippen molar-refractivity contribution in [2.24, 2.45) is 5.84 Å². The molecule has 1 fully saturated rings. The van der Waals surface area contributed by atoms with E-state index in [1.54, 1.807) is 32.2 Å². The molecule has 3 rings (SSSR count). The Balaban J connectivity index is 1.73. The lowest BCUT2D eigenvalue weighted by Gasteiger charge is -2.37. The van der Waals surface area contributed by atoms with Crippen molar-refractivity contribution in [1.29, 1.82) is 0 Å². The van der Waals surface area contributed by atoms with Crippen molar-refractivity contribution in [3.8, 4) is 0 Å². The predicted molar refractivity (Wildman–Crippen MR) is 112 cm³/mol. The van der Waals surface area contributed by atoms with Crippen LogP contribution in [0, 0.1) is 0 Å². The number of rotatable bonds is 6. The maximum atomic E-state index is 12.9. The minimum absolute atomic E-state index is 0.0485. The van der Waals surface area contributed by atoms with E-state index in [0.29, 0.717) is 12.2 Å². The summed E-state index contributed by atoms with van der Waals surface area (Å²) in [6, 6.07) is 10.6. The van der Waals surface area contributed by atoms with E-state index >= 15 is 0 Å². The molecule has 9 heteroatoms. The minimum atomic E-state index is -1.08. The lowest BCUT2D eigenvalue weighted by molar-refractivity contribution is -0.136. The molecule has 5 N–H and O–H groups in total. The van der Waals surface area contributed by atoms with E-state index in [1.165, 1.54) is 4.90 Å². The van der Waals surface area contributed by atoms with Crippen molar-refractivity contribution in [2.45, 2.75) is 25.0 Å². The molecule has 1 aliphatic heterocycles. The van der Waals surface area contributed by atoms with Crippen molar-refractivity contribution >= 4 is 11.8 Å². The third-order valence-corrected chi connectivity index (χ3v) is 5.14. The van der Waals surface area contributed by atoms with E-state index in [-0.39, 0.29) is 18.2 Å². The fourth-order valence-electron chi connectivity index (χ4n) is 3.21. The Bertz CT molecular complexity index is 955. The number of nitrogens with one attached hydrogen (secondary N) is 3. The molecule has 0 aliphatic carbocycles. The first-order chi connectivity index (χ1) is 14.4. The van der Waals surface area contributed by atoms with Crippen LogP contribution in [0.15, 0.2) is 60.9 Å². The molecule has 2 amide bonds. The van der Waals surface area contributed by atoms with Crippen LogP contribution < -0.4 is 16.6 Å². The molecule has 0 bridgehead atoms. The van der Waals surface area contributed by atoms with Crippen molar-refractivity contribution in [3.05, 3.63) is 77.8 Å². The predicted octanol–water partition coefficient (Wildman–Crippen LogP) is 0.837. The molecule has 1 aromatic heterocycles. The number of allylic oxidation sites excluding steroid dienone is 2. The summed E-state index contributed by atoms with van der Waals surface area (Å²) in [7, 11) is 1.58. The number of carbonyl (C=O) groups is 2. The molecular formula is C21H26N6O3. The molecule has 1 unspecified atom stereocenters. The van der Waals surface area contributed by atoms with Crippen LogP contribution in [0.4, 0.5) is 0 Å². The fraction of sp³-hybridized carbons (Fsp3) is 0.286. The van der Waals surface area contributed by atoms with Gasteiger partial charge in [0.25, 0.3) is 5.91 Å². The highest BCUT2D eigenvalue weighted by Crippen LogP contribution is 2.25. The molecule has 1 aromatic carbocycles. The van der Waals surface area contributed by atoms with Crippen LogP contribution in [0.2, 0.25) is 0 Å². The average Bonchev–Trinajstić information content (AvgIpc) is 3.20. The van der Waals surface area contributed by atoms with Crippen molar-refractivity contribution in [1.82, 2.24) is 25.8 Å². The van der Waals surface area contributed by atoms with Crippen LogP contribution in [-0.4, -0.2) is 52.3 Å². The summed E-state index contributed by atoms with van der Waals surface area (Å²) >= 11 is 0. The summed E-state index contributed by atoms with van der Waals surface area (Å²) < 4.78 is 5.77. The number of carbonyl (C=O) groups excluding carboxylic acids is 2. The van der Waals surface area contributed by atoms with Crippen LogP contribution in [0.25, 0.3) is 0 Å². The van der Waals surface area contributed by atoms with Crippen LogP contribution in [0.5, 0.6) is 0 Å². The normalized spacial score (nSPS) is 23.0. The number of ether oxygens (including phenoxy) is 1. The van der Waals surface area contributed by atoms with Gasteiger partial charge in [-0.2, -0.15) is 5.10 Å². The van der Waals surface area contributed by atoms with Gasteiger partial charge in [0, 0.05) is 19.2 Å². The topological polar surface area (TPSA) is 125 Å². The van der Waals surface area contributed by atoms with E-state index in [9.17, 15) is 9.59 Å². The summed E-state index contributed by atoms with van der Waals surface area (Å²) in [5, 5.41) is 9.64. The van der Waals surface area contributed by atoms with Crippen LogP contribution >= 0.6 is 0 Å². The van der Waals surface area contributed by atoms with Crippen molar-refractivity contribution < 1.29 is 14.3 Å². The standard InChI is InChI=1S/C21H26N6O3/c1-4-8-18-21(2,26-22)27(3)20(29)17(13-30-18)23-19(28)16-12-15(24-25-16)11-14-9-6-5-7-10-14/h4-10,12,17,26H,1,11,13,22H2,2-3H3,(H,23,28)(H,24,25)/b18-8+/t17-,21?/m0/s1. The Hall–Kier alpha value is -3.43. The smallest absolute Gasteiger partial charge is 0.272 e. The molecule has 158 valence electrons. The number of nitrogens with zero attached hydrogens (tertiary/aromatic N) is 2. The molecule has 1 saturated heterocycles. The van der Waals surface area contributed by atoms with Crippen molar-refractivity contribution in [3.63, 3.8) is 0 Å². The highest BCUT2D eigenvalue weighted by atomic mass is 16.5. The first-order valence-corrected chi connectivity index (χ1v) is 9.49. The molecule has 1 aliphatic rings. The molecule has 2 atom stereocenters. The van der Waals surface area contributed by atoms with Gasteiger partial charge in [-0.05, 0) is 24.6 Å². The first kappa shape index (κ1) is 21.3. The number of nitrogens with two attached hydrogens (primary N) is 1. The highest BCUT2D eigenvalue weighted by Gasteiger charge is 2.43. The Morgan fingerprint density at radius 3 is 2.87 bits per heavy atom. The number of amides is 2. The fourth-order valence-corrected chi connectivity index (χ4v) is 3.21. The van der Waals surface area contributed by atoms with E-state index in [4.69, 9.17) is 10.6 Å². The summed E-state index contributed by atoms with van der Waals surface area (Å²) in [5.41, 5.74) is 3.60. The van der Waals surface area contributed by atoms with Crippen LogP contribution in [0.1, 0.15) is 28.7 Å². The van der Waals surface area contributed by atoms with Gasteiger partial charge in [-0.15, -0.1) is 0 Å². The second-order valence-electron chi connectivity index (χ2n) is 7.16. The molecule has 0 saturated carbocycles. The molecule has 0 radical (unpaired) electrons. The largest absolute Gasteiger partial charge is 0.491 e. The molecular weight excluding hydrogens is 384 g/mol. The number of benzene rings is 1. The highest BCUT2D eigenvalue weighted by molar-refractivity contribution is 5.96. The third-order valence-electron chi connectivity index (χ3n) is 5.14. The Labute approximate surface area is 174 Å².